The van der Waals surface area contributed by atoms with E-state index in [1.54, 1.807) is 0 Å². The minimum atomic E-state index is -3.35. The number of sulfonamides is 1. The zero-order valence-electron chi connectivity index (χ0n) is 11.6. The second-order valence-corrected chi connectivity index (χ2v) is 7.28. The fraction of sp³-hybridized carbons (Fsp3) is 0.818. The van der Waals surface area contributed by atoms with Crippen LogP contribution in [0.5, 0.6) is 0 Å². The summed E-state index contributed by atoms with van der Waals surface area (Å²) in [5.41, 5.74) is 0. The van der Waals surface area contributed by atoms with E-state index in [0.29, 0.717) is 12.8 Å². The fourth-order valence-electron chi connectivity index (χ4n) is 2.12. The number of hydrogen-bond acceptors (Lipinski definition) is 4. The summed E-state index contributed by atoms with van der Waals surface area (Å²) in [6.07, 6.45) is 1.94. The maximum atomic E-state index is 11.6. The van der Waals surface area contributed by atoms with Gasteiger partial charge in [0, 0.05) is 26.7 Å². The average molecular weight is 307 g/mol. The summed E-state index contributed by atoms with van der Waals surface area (Å²) in [7, 11) is -0.505. The number of carbonyl (C=O) groups excluding carboxylic acids is 1. The molecule has 0 aromatic rings. The third-order valence-electron chi connectivity index (χ3n) is 3.35. The van der Waals surface area contributed by atoms with Gasteiger partial charge < -0.3 is 15.7 Å². The maximum Gasteiger partial charge on any atom is 0.315 e. The van der Waals surface area contributed by atoms with Crippen molar-refractivity contribution >= 4 is 22.0 Å². The van der Waals surface area contributed by atoms with Gasteiger partial charge in [0.1, 0.15) is 0 Å². The van der Waals surface area contributed by atoms with Crippen LogP contribution in [0, 0.1) is 5.92 Å². The molecule has 1 aliphatic carbocycles. The Labute approximate surface area is 118 Å². The van der Waals surface area contributed by atoms with E-state index in [1.807, 2.05) is 0 Å². The number of amides is 2. The lowest BCUT2D eigenvalue weighted by Crippen LogP contribution is -2.46. The standard InChI is InChI=1S/C11H21N3O5S/c1-14(2)20(18,19)7-6-12-11(17)13-9-5-3-4-8(9)10(15)16/h8-9H,3-7H2,1-2H3,(H,15,16)(H2,12,13,17). The Morgan fingerprint density at radius 2 is 1.95 bits per heavy atom. The second-order valence-electron chi connectivity index (χ2n) is 4.98. The molecule has 1 aliphatic rings. The quantitative estimate of drug-likeness (QED) is 0.608. The van der Waals surface area contributed by atoms with Crippen LogP contribution in [0.2, 0.25) is 0 Å². The van der Waals surface area contributed by atoms with E-state index in [-0.39, 0.29) is 12.3 Å². The van der Waals surface area contributed by atoms with Gasteiger partial charge >= 0.3 is 12.0 Å². The van der Waals surface area contributed by atoms with Crippen LogP contribution >= 0.6 is 0 Å². The Morgan fingerprint density at radius 3 is 2.50 bits per heavy atom. The highest BCUT2D eigenvalue weighted by atomic mass is 32.2. The van der Waals surface area contributed by atoms with Gasteiger partial charge in [0.25, 0.3) is 0 Å². The van der Waals surface area contributed by atoms with Crippen LogP contribution in [0.4, 0.5) is 4.79 Å². The third kappa shape index (κ3) is 4.64. The summed E-state index contributed by atoms with van der Waals surface area (Å²) in [5, 5.41) is 14.0. The smallest absolute Gasteiger partial charge is 0.315 e. The topological polar surface area (TPSA) is 116 Å². The molecule has 1 fully saturated rings. The fourth-order valence-corrected chi connectivity index (χ4v) is 2.85. The predicted molar refractivity (Wildman–Crippen MR) is 72.8 cm³/mol. The predicted octanol–water partition coefficient (Wildman–Crippen LogP) is -0.570. The van der Waals surface area contributed by atoms with Crippen LogP contribution in [0.3, 0.4) is 0 Å². The van der Waals surface area contributed by atoms with Gasteiger partial charge in [-0.2, -0.15) is 0 Å². The molecule has 0 heterocycles. The van der Waals surface area contributed by atoms with Crippen molar-refractivity contribution in [1.82, 2.24) is 14.9 Å². The largest absolute Gasteiger partial charge is 0.481 e. The molecule has 0 bridgehead atoms. The van der Waals surface area contributed by atoms with Gasteiger partial charge in [0.15, 0.2) is 0 Å². The first-order valence-electron chi connectivity index (χ1n) is 6.41. The van der Waals surface area contributed by atoms with Gasteiger partial charge in [-0.1, -0.05) is 6.42 Å². The molecule has 0 aromatic heterocycles. The molecule has 2 amide bonds. The number of carboxylic acid groups (broad SMARTS) is 1. The van der Waals surface area contributed by atoms with Crippen molar-refractivity contribution in [2.75, 3.05) is 26.4 Å². The number of hydrogen-bond donors (Lipinski definition) is 3. The van der Waals surface area contributed by atoms with Crippen LogP contribution in [-0.2, 0) is 14.8 Å². The Morgan fingerprint density at radius 1 is 1.30 bits per heavy atom. The van der Waals surface area contributed by atoms with Gasteiger partial charge in [-0.3, -0.25) is 4.79 Å². The molecule has 2 unspecified atom stereocenters. The molecule has 8 nitrogen and oxygen atoms in total. The van der Waals surface area contributed by atoms with Gasteiger partial charge in [-0.05, 0) is 12.8 Å². The maximum absolute atomic E-state index is 11.6. The number of nitrogens with one attached hydrogen (secondary N) is 2. The molecule has 9 heteroatoms. The monoisotopic (exact) mass is 307 g/mol. The molecule has 116 valence electrons. The molecule has 1 saturated carbocycles. The Bertz CT molecular complexity index is 463. The number of aliphatic carboxylic acids is 1. The molecule has 2 atom stereocenters. The minimum Gasteiger partial charge on any atom is -0.481 e. The normalized spacial score (nSPS) is 22.8. The lowest BCUT2D eigenvalue weighted by molar-refractivity contribution is -0.142. The van der Waals surface area contributed by atoms with Crippen LogP contribution < -0.4 is 10.6 Å². The van der Waals surface area contributed by atoms with Gasteiger partial charge in [-0.15, -0.1) is 0 Å². The van der Waals surface area contributed by atoms with E-state index in [2.05, 4.69) is 10.6 Å². The van der Waals surface area contributed by atoms with E-state index >= 15 is 0 Å². The molecule has 0 saturated heterocycles. The molecule has 0 radical (unpaired) electrons. The number of urea groups is 1. The molecule has 3 N–H and O–H groups in total. The number of rotatable bonds is 6. The van der Waals surface area contributed by atoms with E-state index in [9.17, 15) is 18.0 Å². The average Bonchev–Trinajstić information content (AvgIpc) is 2.76. The summed E-state index contributed by atoms with van der Waals surface area (Å²) in [5.74, 6) is -1.67. The molecule has 0 spiro atoms. The molecule has 20 heavy (non-hydrogen) atoms. The van der Waals surface area contributed by atoms with E-state index in [4.69, 9.17) is 5.11 Å². The zero-order chi connectivity index (χ0) is 15.3. The van der Waals surface area contributed by atoms with Crippen molar-refractivity contribution in [2.45, 2.75) is 25.3 Å². The lowest BCUT2D eigenvalue weighted by atomic mass is 10.0. The van der Waals surface area contributed by atoms with E-state index in [0.717, 1.165) is 10.7 Å². The molecule has 1 rings (SSSR count). The summed E-state index contributed by atoms with van der Waals surface area (Å²) in [4.78, 5) is 22.6. The van der Waals surface area contributed by atoms with Crippen LogP contribution in [0.15, 0.2) is 0 Å². The minimum absolute atomic E-state index is 0.0171. The highest BCUT2D eigenvalue weighted by Crippen LogP contribution is 2.25. The molecular weight excluding hydrogens is 286 g/mol. The van der Waals surface area contributed by atoms with Gasteiger partial charge in [0.2, 0.25) is 10.0 Å². The van der Waals surface area contributed by atoms with Crippen molar-refractivity contribution in [3.63, 3.8) is 0 Å². The number of carbonyl (C=O) groups is 2. The zero-order valence-corrected chi connectivity index (χ0v) is 12.4. The van der Waals surface area contributed by atoms with Crippen molar-refractivity contribution in [3.8, 4) is 0 Å². The SMILES string of the molecule is CN(C)S(=O)(=O)CCNC(=O)NC1CCCC1C(=O)O. The second kappa shape index (κ2) is 6.89. The lowest BCUT2D eigenvalue weighted by Gasteiger charge is -2.18. The number of carboxylic acids is 1. The molecule has 0 aliphatic heterocycles. The van der Waals surface area contributed by atoms with Crippen molar-refractivity contribution in [2.24, 2.45) is 5.92 Å². The van der Waals surface area contributed by atoms with E-state index < -0.39 is 34.0 Å². The van der Waals surface area contributed by atoms with E-state index in [1.165, 1.54) is 14.1 Å². The van der Waals surface area contributed by atoms with Crippen molar-refractivity contribution in [1.29, 1.82) is 0 Å². The van der Waals surface area contributed by atoms with Gasteiger partial charge in [-0.25, -0.2) is 17.5 Å². The first-order valence-corrected chi connectivity index (χ1v) is 8.02. The van der Waals surface area contributed by atoms with Crippen molar-refractivity contribution < 1.29 is 23.1 Å². The van der Waals surface area contributed by atoms with Crippen molar-refractivity contribution in [3.05, 3.63) is 0 Å². The first kappa shape index (κ1) is 16.7. The highest BCUT2D eigenvalue weighted by Gasteiger charge is 2.33. The van der Waals surface area contributed by atoms with Crippen LogP contribution in [-0.4, -0.2) is 62.3 Å². The summed E-state index contributed by atoms with van der Waals surface area (Å²) in [6, 6.07) is -0.921. The van der Waals surface area contributed by atoms with Gasteiger partial charge in [0.05, 0.1) is 11.7 Å². The Balaban J connectivity index is 2.36. The Hall–Kier alpha value is -1.35. The molecule has 0 aromatic carbocycles. The van der Waals surface area contributed by atoms with Crippen LogP contribution in [0.1, 0.15) is 19.3 Å². The summed E-state index contributed by atoms with van der Waals surface area (Å²) >= 11 is 0. The first-order chi connectivity index (χ1) is 9.24. The van der Waals surface area contributed by atoms with Crippen LogP contribution in [0.25, 0.3) is 0 Å². The summed E-state index contributed by atoms with van der Waals surface area (Å²) < 4.78 is 24.0. The summed E-state index contributed by atoms with van der Waals surface area (Å²) in [6.45, 7) is -0.0171. The third-order valence-corrected chi connectivity index (χ3v) is 5.18. The number of nitrogens with zero attached hydrogens (tertiary/aromatic N) is 1. The Kier molecular flexibility index (Phi) is 5.75. The highest BCUT2D eigenvalue weighted by molar-refractivity contribution is 7.89. The molecular formula is C11H21N3O5S.